The number of hydrogen-bond acceptors (Lipinski definition) is 5. The quantitative estimate of drug-likeness (QED) is 0.876. The molecule has 1 heterocycles. The molecule has 0 radical (unpaired) electrons. The maximum absolute atomic E-state index is 12.3. The number of pyridine rings is 1. The van der Waals surface area contributed by atoms with Crippen molar-refractivity contribution in [3.8, 4) is 6.07 Å². The highest BCUT2D eigenvalue weighted by Gasteiger charge is 2.20. The van der Waals surface area contributed by atoms with Gasteiger partial charge >= 0.3 is 0 Å². The fourth-order valence-corrected chi connectivity index (χ4v) is 2.71. The number of benzene rings is 1. The molecule has 106 valence electrons. The van der Waals surface area contributed by atoms with E-state index in [0.717, 1.165) is 6.20 Å². The number of nitrogens with one attached hydrogen (secondary N) is 1. The Bertz CT molecular complexity index is 794. The number of sulfone groups is 1. The van der Waals surface area contributed by atoms with Crippen LogP contribution in [-0.2, 0) is 9.84 Å². The van der Waals surface area contributed by atoms with E-state index >= 15 is 0 Å². The second-order valence-electron chi connectivity index (χ2n) is 3.94. The molecule has 7 heteroatoms. The summed E-state index contributed by atoms with van der Waals surface area (Å²) in [6.45, 7) is 0. The summed E-state index contributed by atoms with van der Waals surface area (Å²) in [5.41, 5.74) is 0. The molecule has 1 aromatic carbocycles. The Morgan fingerprint density at radius 2 is 1.95 bits per heavy atom. The molecule has 21 heavy (non-hydrogen) atoms. The first-order valence-electron chi connectivity index (χ1n) is 5.82. The number of anilines is 1. The lowest BCUT2D eigenvalue weighted by Crippen LogP contribution is -2.05. The van der Waals surface area contributed by atoms with Gasteiger partial charge in [-0.05, 0) is 36.4 Å². The minimum atomic E-state index is -3.89. The summed E-state index contributed by atoms with van der Waals surface area (Å²) in [4.78, 5) is 3.57. The third-order valence-electron chi connectivity index (χ3n) is 2.54. The summed E-state index contributed by atoms with van der Waals surface area (Å²) in [5, 5.41) is 12.2. The fourth-order valence-electron chi connectivity index (χ4n) is 1.50. The average Bonchev–Trinajstić information content (AvgIpc) is 2.49. The molecule has 2 rings (SSSR count). The number of allylic oxidation sites excluding steroid dienone is 1. The highest BCUT2D eigenvalue weighted by Crippen LogP contribution is 2.21. The summed E-state index contributed by atoms with van der Waals surface area (Å²) < 4.78 is 24.6. The van der Waals surface area contributed by atoms with E-state index in [1.807, 2.05) is 0 Å². The zero-order valence-electron chi connectivity index (χ0n) is 10.7. The van der Waals surface area contributed by atoms with Gasteiger partial charge in [0.25, 0.3) is 0 Å². The van der Waals surface area contributed by atoms with Gasteiger partial charge in [-0.15, -0.1) is 0 Å². The van der Waals surface area contributed by atoms with Crippen molar-refractivity contribution in [2.24, 2.45) is 0 Å². The van der Waals surface area contributed by atoms with Crippen LogP contribution in [0.15, 0.2) is 64.7 Å². The van der Waals surface area contributed by atoms with E-state index in [1.165, 1.54) is 24.3 Å². The summed E-state index contributed by atoms with van der Waals surface area (Å²) in [5.74, 6) is 0.441. The third-order valence-corrected chi connectivity index (χ3v) is 4.47. The monoisotopic (exact) mass is 319 g/mol. The fraction of sp³-hybridized carbons (Fsp3) is 0. The van der Waals surface area contributed by atoms with Crippen molar-refractivity contribution < 1.29 is 8.42 Å². The van der Waals surface area contributed by atoms with Gasteiger partial charge in [-0.25, -0.2) is 13.4 Å². The lowest BCUT2D eigenvalue weighted by molar-refractivity contribution is 0.603. The molecule has 0 spiro atoms. The first kappa shape index (κ1) is 15.0. The highest BCUT2D eigenvalue weighted by molar-refractivity contribution is 7.95. The predicted molar refractivity (Wildman–Crippen MR) is 80.2 cm³/mol. The van der Waals surface area contributed by atoms with Crippen LogP contribution in [0.1, 0.15) is 0 Å². The molecule has 0 bridgehead atoms. The van der Waals surface area contributed by atoms with Crippen LogP contribution in [0.5, 0.6) is 0 Å². The van der Waals surface area contributed by atoms with Gasteiger partial charge in [0.15, 0.2) is 4.91 Å². The van der Waals surface area contributed by atoms with Crippen LogP contribution >= 0.6 is 11.6 Å². The number of hydrogen-bond donors (Lipinski definition) is 1. The van der Waals surface area contributed by atoms with Gasteiger partial charge in [-0.1, -0.05) is 17.7 Å². The molecule has 0 amide bonds. The van der Waals surface area contributed by atoms with E-state index in [1.54, 1.807) is 30.5 Å². The minimum Gasteiger partial charge on any atom is -0.345 e. The van der Waals surface area contributed by atoms with Crippen LogP contribution in [0.25, 0.3) is 0 Å². The van der Waals surface area contributed by atoms with E-state index in [9.17, 15) is 8.42 Å². The van der Waals surface area contributed by atoms with Gasteiger partial charge in [0.1, 0.15) is 11.9 Å². The van der Waals surface area contributed by atoms with Gasteiger partial charge in [0.05, 0.1) is 4.90 Å². The number of nitrogens with zero attached hydrogens (tertiary/aromatic N) is 2. The van der Waals surface area contributed by atoms with Gasteiger partial charge in [0.2, 0.25) is 9.84 Å². The molecule has 0 aliphatic rings. The van der Waals surface area contributed by atoms with Crippen molar-refractivity contribution in [2.75, 3.05) is 5.32 Å². The van der Waals surface area contributed by atoms with Gasteiger partial charge in [0, 0.05) is 17.4 Å². The van der Waals surface area contributed by atoms with E-state index in [0.29, 0.717) is 10.8 Å². The van der Waals surface area contributed by atoms with Crippen molar-refractivity contribution in [1.29, 1.82) is 5.26 Å². The first-order chi connectivity index (χ1) is 10.0. The Balaban J connectivity index is 2.32. The summed E-state index contributed by atoms with van der Waals surface area (Å²) >= 11 is 5.72. The Hall–Kier alpha value is -2.36. The van der Waals surface area contributed by atoms with Gasteiger partial charge in [-0.2, -0.15) is 5.26 Å². The third kappa shape index (κ3) is 3.60. The van der Waals surface area contributed by atoms with Crippen LogP contribution in [0, 0.1) is 11.3 Å². The molecule has 1 N–H and O–H groups in total. The number of rotatable bonds is 4. The molecule has 5 nitrogen and oxygen atoms in total. The Morgan fingerprint density at radius 3 is 2.52 bits per heavy atom. The minimum absolute atomic E-state index is 0.00233. The van der Waals surface area contributed by atoms with Crippen molar-refractivity contribution >= 4 is 27.3 Å². The summed E-state index contributed by atoms with van der Waals surface area (Å²) in [7, 11) is -3.89. The predicted octanol–water partition coefficient (Wildman–Crippen LogP) is 2.99. The van der Waals surface area contributed by atoms with Crippen LogP contribution in [0.4, 0.5) is 5.82 Å². The molecule has 0 unspecified atom stereocenters. The first-order valence-corrected chi connectivity index (χ1v) is 7.68. The normalized spacial score (nSPS) is 11.7. The Labute approximate surface area is 127 Å². The number of aromatic nitrogens is 1. The maximum Gasteiger partial charge on any atom is 0.218 e. The average molecular weight is 320 g/mol. The Morgan fingerprint density at radius 1 is 1.24 bits per heavy atom. The van der Waals surface area contributed by atoms with Crippen molar-refractivity contribution in [3.63, 3.8) is 0 Å². The van der Waals surface area contributed by atoms with E-state index in [2.05, 4.69) is 10.3 Å². The Kier molecular flexibility index (Phi) is 4.58. The molecule has 0 aliphatic carbocycles. The zero-order valence-corrected chi connectivity index (χ0v) is 12.3. The molecular formula is C14H10ClN3O2S. The lowest BCUT2D eigenvalue weighted by Gasteiger charge is -2.04. The van der Waals surface area contributed by atoms with Crippen LogP contribution in [-0.4, -0.2) is 13.4 Å². The number of halogens is 1. The van der Waals surface area contributed by atoms with Gasteiger partial charge < -0.3 is 5.32 Å². The van der Waals surface area contributed by atoms with Gasteiger partial charge in [-0.3, -0.25) is 0 Å². The van der Waals surface area contributed by atoms with E-state index in [-0.39, 0.29) is 4.90 Å². The molecule has 2 aromatic rings. The smallest absolute Gasteiger partial charge is 0.218 e. The van der Waals surface area contributed by atoms with E-state index in [4.69, 9.17) is 16.9 Å². The van der Waals surface area contributed by atoms with Crippen molar-refractivity contribution in [2.45, 2.75) is 4.90 Å². The summed E-state index contributed by atoms with van der Waals surface area (Å²) in [6, 6.07) is 12.4. The van der Waals surface area contributed by atoms with Crippen molar-refractivity contribution in [1.82, 2.24) is 4.98 Å². The second-order valence-corrected chi connectivity index (χ2v) is 6.29. The number of nitriles is 1. The molecule has 0 aliphatic heterocycles. The molecule has 0 fully saturated rings. The molecule has 0 saturated heterocycles. The van der Waals surface area contributed by atoms with E-state index < -0.39 is 14.7 Å². The zero-order chi connectivity index (χ0) is 15.3. The molecule has 0 saturated carbocycles. The summed E-state index contributed by atoms with van der Waals surface area (Å²) in [6.07, 6.45) is 2.67. The van der Waals surface area contributed by atoms with Crippen LogP contribution in [0.2, 0.25) is 5.02 Å². The second kappa shape index (κ2) is 6.39. The van der Waals surface area contributed by atoms with Crippen LogP contribution in [0.3, 0.4) is 0 Å². The highest BCUT2D eigenvalue weighted by atomic mass is 35.5. The SMILES string of the molecule is N#CC(=CNc1ccccn1)S(=O)(=O)c1ccc(Cl)cc1. The maximum atomic E-state index is 12.3. The lowest BCUT2D eigenvalue weighted by atomic mass is 10.4. The standard InChI is InChI=1S/C14H10ClN3O2S/c15-11-4-6-12(7-5-11)21(19,20)13(9-16)10-18-14-3-1-2-8-17-14/h1-8,10H,(H,17,18). The molecule has 1 aromatic heterocycles. The van der Waals surface area contributed by atoms with Crippen LogP contribution < -0.4 is 5.32 Å². The molecular weight excluding hydrogens is 310 g/mol. The largest absolute Gasteiger partial charge is 0.345 e. The topological polar surface area (TPSA) is 82.8 Å². The van der Waals surface area contributed by atoms with Crippen molar-refractivity contribution in [3.05, 3.63) is 64.8 Å². The molecule has 0 atom stereocenters.